The third-order valence-electron chi connectivity index (χ3n) is 5.49. The number of halogens is 1. The fourth-order valence-electron chi connectivity index (χ4n) is 3.56. The van der Waals surface area contributed by atoms with Crippen LogP contribution in [0.3, 0.4) is 0 Å². The fraction of sp³-hybridized carbons (Fsp3) is 0.478. The van der Waals surface area contributed by atoms with Gasteiger partial charge in [0.2, 0.25) is 5.91 Å². The van der Waals surface area contributed by atoms with Gasteiger partial charge in [-0.25, -0.2) is 4.39 Å². The second-order valence-corrected chi connectivity index (χ2v) is 7.69. The summed E-state index contributed by atoms with van der Waals surface area (Å²) in [7, 11) is 0. The molecule has 2 heterocycles. The number of carbonyl (C=O) groups is 2. The molecule has 1 aromatic heterocycles. The topological polar surface area (TPSA) is 63.0 Å². The van der Waals surface area contributed by atoms with Gasteiger partial charge in [-0.1, -0.05) is 13.0 Å². The maximum atomic E-state index is 13.6. The second-order valence-electron chi connectivity index (χ2n) is 7.69. The molecule has 3 rings (SSSR count). The molecule has 1 fully saturated rings. The maximum absolute atomic E-state index is 13.6. The van der Waals surface area contributed by atoms with Crippen molar-refractivity contribution in [3.05, 3.63) is 59.8 Å². The van der Waals surface area contributed by atoms with E-state index in [1.807, 2.05) is 19.9 Å². The second kappa shape index (κ2) is 10.4. The number of rotatable bonds is 9. The Labute approximate surface area is 176 Å². The van der Waals surface area contributed by atoms with Gasteiger partial charge in [0.05, 0.1) is 18.9 Å². The van der Waals surface area contributed by atoms with Crippen LogP contribution in [-0.2, 0) is 16.1 Å². The van der Waals surface area contributed by atoms with Gasteiger partial charge in [-0.2, -0.15) is 0 Å². The zero-order valence-corrected chi connectivity index (χ0v) is 17.6. The summed E-state index contributed by atoms with van der Waals surface area (Å²) in [6, 6.07) is 9.00. The van der Waals surface area contributed by atoms with Crippen molar-refractivity contribution in [3.8, 4) is 0 Å². The smallest absolute Gasteiger partial charge is 0.254 e. The first kappa shape index (κ1) is 22.0. The van der Waals surface area contributed by atoms with E-state index in [2.05, 4.69) is 0 Å². The third-order valence-corrected chi connectivity index (χ3v) is 5.49. The normalized spacial score (nSPS) is 17.0. The zero-order chi connectivity index (χ0) is 21.5. The van der Waals surface area contributed by atoms with Crippen LogP contribution in [0.25, 0.3) is 0 Å². The van der Waals surface area contributed by atoms with Crippen molar-refractivity contribution >= 4 is 11.8 Å². The quantitative estimate of drug-likeness (QED) is 0.623. The number of amides is 2. The van der Waals surface area contributed by atoms with E-state index >= 15 is 0 Å². The van der Waals surface area contributed by atoms with E-state index < -0.39 is 5.82 Å². The van der Waals surface area contributed by atoms with Crippen LogP contribution >= 0.6 is 0 Å². The molecule has 0 radical (unpaired) electrons. The number of ether oxygens (including phenoxy) is 1. The summed E-state index contributed by atoms with van der Waals surface area (Å²) in [5, 5.41) is 0. The number of nitrogens with zero attached hydrogens (tertiary/aromatic N) is 2. The van der Waals surface area contributed by atoms with E-state index in [0.717, 1.165) is 12.8 Å². The average molecular weight is 416 g/mol. The van der Waals surface area contributed by atoms with E-state index in [0.29, 0.717) is 31.9 Å². The Bertz CT molecular complexity index is 833. The molecule has 30 heavy (non-hydrogen) atoms. The van der Waals surface area contributed by atoms with Crippen LogP contribution in [0, 0.1) is 5.82 Å². The van der Waals surface area contributed by atoms with Crippen molar-refractivity contribution in [2.24, 2.45) is 0 Å². The molecule has 1 saturated heterocycles. The summed E-state index contributed by atoms with van der Waals surface area (Å²) in [4.78, 5) is 29.5. The molecule has 0 bridgehead atoms. The minimum absolute atomic E-state index is 0.0140. The molecule has 1 aromatic carbocycles. The van der Waals surface area contributed by atoms with Gasteiger partial charge in [0.25, 0.3) is 5.91 Å². The molecular formula is C23H29FN2O4. The molecule has 6 nitrogen and oxygen atoms in total. The predicted octanol–water partition coefficient (Wildman–Crippen LogP) is 3.87. The molecule has 0 saturated carbocycles. The Hall–Kier alpha value is -2.67. The zero-order valence-electron chi connectivity index (χ0n) is 17.6. The summed E-state index contributed by atoms with van der Waals surface area (Å²) in [6.07, 6.45) is 4.12. The summed E-state index contributed by atoms with van der Waals surface area (Å²) in [5.74, 6) is -0.346. The lowest BCUT2D eigenvalue weighted by atomic mass is 10.1. The van der Waals surface area contributed by atoms with Crippen LogP contribution in [0.5, 0.6) is 0 Å². The van der Waals surface area contributed by atoms with Crippen molar-refractivity contribution in [2.45, 2.75) is 51.8 Å². The van der Waals surface area contributed by atoms with Crippen molar-refractivity contribution in [1.82, 2.24) is 9.80 Å². The van der Waals surface area contributed by atoms with Gasteiger partial charge in [0.1, 0.15) is 18.1 Å². The highest BCUT2D eigenvalue weighted by molar-refractivity contribution is 5.96. The van der Waals surface area contributed by atoms with Gasteiger partial charge in [-0.15, -0.1) is 0 Å². The van der Waals surface area contributed by atoms with Gasteiger partial charge >= 0.3 is 0 Å². The highest BCUT2D eigenvalue weighted by atomic mass is 19.1. The number of benzene rings is 1. The molecule has 7 heteroatoms. The maximum Gasteiger partial charge on any atom is 0.254 e. The van der Waals surface area contributed by atoms with Crippen molar-refractivity contribution in [1.29, 1.82) is 0 Å². The number of carbonyl (C=O) groups excluding carboxylic acids is 2. The summed E-state index contributed by atoms with van der Waals surface area (Å²) in [5.41, 5.74) is 0.236. The van der Waals surface area contributed by atoms with Gasteiger partial charge in [-0.3, -0.25) is 9.59 Å². The van der Waals surface area contributed by atoms with Gasteiger partial charge < -0.3 is 19.0 Å². The van der Waals surface area contributed by atoms with Crippen molar-refractivity contribution in [2.75, 3.05) is 19.7 Å². The third kappa shape index (κ3) is 5.69. The molecule has 1 aliphatic rings. The molecule has 0 unspecified atom stereocenters. The molecule has 162 valence electrons. The Kier molecular flexibility index (Phi) is 7.63. The Balaban J connectivity index is 1.77. The Morgan fingerprint density at radius 2 is 2.10 bits per heavy atom. The summed E-state index contributed by atoms with van der Waals surface area (Å²) in [6.45, 7) is 5.22. The minimum Gasteiger partial charge on any atom is -0.467 e. The van der Waals surface area contributed by atoms with Gasteiger partial charge in [-0.05, 0) is 56.5 Å². The first-order chi connectivity index (χ1) is 14.5. The van der Waals surface area contributed by atoms with Crippen LogP contribution in [0.2, 0.25) is 0 Å². The molecule has 2 aromatic rings. The molecule has 0 aliphatic carbocycles. The lowest BCUT2D eigenvalue weighted by Crippen LogP contribution is -2.47. The van der Waals surface area contributed by atoms with E-state index in [1.165, 1.54) is 23.1 Å². The summed E-state index contributed by atoms with van der Waals surface area (Å²) < 4.78 is 24.8. The first-order valence-electron chi connectivity index (χ1n) is 10.5. The fourth-order valence-corrected chi connectivity index (χ4v) is 3.56. The molecule has 1 aliphatic heterocycles. The minimum atomic E-state index is -0.478. The highest BCUT2D eigenvalue weighted by Gasteiger charge is 2.28. The number of hydrogen-bond acceptors (Lipinski definition) is 4. The van der Waals surface area contributed by atoms with Crippen molar-refractivity contribution in [3.63, 3.8) is 0 Å². The standard InChI is InChI=1S/C23H29FN2O4/c1-3-17(2)26(23(28)18-7-4-8-19(24)13-18)16-22(27)25(14-20-9-5-11-29-20)15-21-10-6-12-30-21/h4-5,7-9,11,13,17,21H,3,6,10,12,14-16H2,1-2H3/t17-,21+/m0/s1. The van der Waals surface area contributed by atoms with E-state index in [-0.39, 0.29) is 36.1 Å². The van der Waals surface area contributed by atoms with Crippen LogP contribution < -0.4 is 0 Å². The van der Waals surface area contributed by atoms with Crippen LogP contribution in [0.4, 0.5) is 4.39 Å². The van der Waals surface area contributed by atoms with Crippen LogP contribution in [-0.4, -0.2) is 53.5 Å². The largest absolute Gasteiger partial charge is 0.467 e. The van der Waals surface area contributed by atoms with Crippen molar-refractivity contribution < 1.29 is 23.1 Å². The SMILES string of the molecule is CC[C@H](C)N(CC(=O)N(Cc1ccco1)C[C@H]1CCCO1)C(=O)c1cccc(F)c1. The molecular weight excluding hydrogens is 387 g/mol. The lowest BCUT2D eigenvalue weighted by molar-refractivity contribution is -0.134. The van der Waals surface area contributed by atoms with E-state index in [9.17, 15) is 14.0 Å². The number of furan rings is 1. The molecule has 2 amide bonds. The molecule has 2 atom stereocenters. The first-order valence-corrected chi connectivity index (χ1v) is 10.5. The van der Waals surface area contributed by atoms with E-state index in [1.54, 1.807) is 23.3 Å². The number of hydrogen-bond donors (Lipinski definition) is 0. The van der Waals surface area contributed by atoms with Gasteiger partial charge in [0, 0.05) is 24.8 Å². The summed E-state index contributed by atoms with van der Waals surface area (Å²) >= 11 is 0. The van der Waals surface area contributed by atoms with Crippen LogP contribution in [0.15, 0.2) is 47.1 Å². The predicted molar refractivity (Wildman–Crippen MR) is 110 cm³/mol. The van der Waals surface area contributed by atoms with Crippen LogP contribution in [0.1, 0.15) is 49.2 Å². The average Bonchev–Trinajstić information content (AvgIpc) is 3.44. The lowest BCUT2D eigenvalue weighted by Gasteiger charge is -2.32. The highest BCUT2D eigenvalue weighted by Crippen LogP contribution is 2.18. The van der Waals surface area contributed by atoms with Gasteiger partial charge in [0.15, 0.2) is 0 Å². The monoisotopic (exact) mass is 416 g/mol. The van der Waals surface area contributed by atoms with E-state index in [4.69, 9.17) is 9.15 Å². The molecule has 0 N–H and O–H groups in total. The Morgan fingerprint density at radius 3 is 2.73 bits per heavy atom. The Morgan fingerprint density at radius 1 is 1.27 bits per heavy atom. The molecule has 0 spiro atoms.